The van der Waals surface area contributed by atoms with Gasteiger partial charge in [0.05, 0.1) is 17.4 Å². The molecule has 5 nitrogen and oxygen atoms in total. The second kappa shape index (κ2) is 4.13. The highest BCUT2D eigenvalue weighted by atomic mass is 19.4. The molecular weight excluding hydrogens is 249 g/mol. The van der Waals surface area contributed by atoms with E-state index >= 15 is 0 Å². The number of benzene rings is 1. The van der Waals surface area contributed by atoms with Crippen LogP contribution in [0.3, 0.4) is 0 Å². The Kier molecular flexibility index (Phi) is 2.77. The third kappa shape index (κ3) is 2.31. The van der Waals surface area contributed by atoms with E-state index in [1.165, 1.54) is 23.0 Å². The molecule has 2 rings (SSSR count). The van der Waals surface area contributed by atoms with Crippen molar-refractivity contribution in [2.75, 3.05) is 0 Å². The number of nitrogens with two attached hydrogens (primary N) is 1. The lowest BCUT2D eigenvalue weighted by Crippen LogP contribution is -2.11. The lowest BCUT2D eigenvalue weighted by molar-refractivity contribution is -0.137. The predicted octanol–water partition coefficient (Wildman–Crippen LogP) is 1.39. The summed E-state index contributed by atoms with van der Waals surface area (Å²) in [6.07, 6.45) is -3.15. The van der Waals surface area contributed by atoms with Gasteiger partial charge in [-0.1, -0.05) is 5.21 Å². The average molecular weight is 256 g/mol. The molecule has 0 unspecified atom stereocenters. The standard InChI is InChI=1S/C10H7F3N4O/c11-10(12,13)6-1-3-7(4-2-6)17-5-8(9(14)18)15-16-17/h1-5H,(H2,14,18). The molecule has 0 bridgehead atoms. The first-order chi connectivity index (χ1) is 8.38. The third-order valence-electron chi connectivity index (χ3n) is 2.21. The van der Waals surface area contributed by atoms with E-state index in [1.54, 1.807) is 0 Å². The largest absolute Gasteiger partial charge is 0.416 e. The number of alkyl halides is 3. The SMILES string of the molecule is NC(=O)c1cn(-c2ccc(C(F)(F)F)cc2)nn1. The molecule has 0 fully saturated rings. The Morgan fingerprint density at radius 3 is 2.28 bits per heavy atom. The molecule has 0 radical (unpaired) electrons. The predicted molar refractivity (Wildman–Crippen MR) is 54.9 cm³/mol. The molecule has 1 amide bonds. The van der Waals surface area contributed by atoms with Crippen molar-refractivity contribution in [3.05, 3.63) is 41.7 Å². The van der Waals surface area contributed by atoms with E-state index in [1.807, 2.05) is 0 Å². The molecule has 1 heterocycles. The van der Waals surface area contributed by atoms with Gasteiger partial charge in [-0.25, -0.2) is 4.68 Å². The molecule has 1 aromatic carbocycles. The van der Waals surface area contributed by atoms with Crippen molar-refractivity contribution in [3.63, 3.8) is 0 Å². The van der Waals surface area contributed by atoms with Crippen molar-refractivity contribution in [2.24, 2.45) is 5.73 Å². The number of hydrogen-bond donors (Lipinski definition) is 1. The van der Waals surface area contributed by atoms with E-state index in [0.717, 1.165) is 12.1 Å². The van der Waals surface area contributed by atoms with E-state index in [-0.39, 0.29) is 5.69 Å². The van der Waals surface area contributed by atoms with Gasteiger partial charge < -0.3 is 5.73 Å². The summed E-state index contributed by atoms with van der Waals surface area (Å²) in [5, 5.41) is 7.06. The van der Waals surface area contributed by atoms with Crippen LogP contribution in [-0.4, -0.2) is 20.9 Å². The molecule has 8 heteroatoms. The van der Waals surface area contributed by atoms with Gasteiger partial charge in [0.25, 0.3) is 5.91 Å². The summed E-state index contributed by atoms with van der Waals surface area (Å²) in [4.78, 5) is 10.8. The minimum atomic E-state index is -4.39. The van der Waals surface area contributed by atoms with Crippen LogP contribution >= 0.6 is 0 Å². The molecule has 18 heavy (non-hydrogen) atoms. The number of amides is 1. The van der Waals surface area contributed by atoms with Crippen LogP contribution < -0.4 is 5.73 Å². The van der Waals surface area contributed by atoms with Crippen LogP contribution in [0.15, 0.2) is 30.5 Å². The highest BCUT2D eigenvalue weighted by Crippen LogP contribution is 2.29. The number of nitrogens with zero attached hydrogens (tertiary/aromatic N) is 3. The van der Waals surface area contributed by atoms with Gasteiger partial charge in [0.2, 0.25) is 0 Å². The lowest BCUT2D eigenvalue weighted by atomic mass is 10.2. The van der Waals surface area contributed by atoms with E-state index in [9.17, 15) is 18.0 Å². The number of carbonyl (C=O) groups excluding carboxylic acids is 1. The molecule has 0 saturated heterocycles. The molecular formula is C10H7F3N4O. The monoisotopic (exact) mass is 256 g/mol. The molecule has 0 atom stereocenters. The van der Waals surface area contributed by atoms with E-state index in [2.05, 4.69) is 10.3 Å². The molecule has 0 aliphatic rings. The van der Waals surface area contributed by atoms with E-state index in [4.69, 9.17) is 5.73 Å². The van der Waals surface area contributed by atoms with Crippen molar-refractivity contribution >= 4 is 5.91 Å². The van der Waals surface area contributed by atoms with Crippen molar-refractivity contribution in [1.82, 2.24) is 15.0 Å². The van der Waals surface area contributed by atoms with Gasteiger partial charge in [0, 0.05) is 0 Å². The zero-order valence-electron chi connectivity index (χ0n) is 8.85. The molecule has 0 aliphatic heterocycles. The lowest BCUT2D eigenvalue weighted by Gasteiger charge is -2.06. The fourth-order valence-electron chi connectivity index (χ4n) is 1.31. The Morgan fingerprint density at radius 2 is 1.83 bits per heavy atom. The first-order valence-corrected chi connectivity index (χ1v) is 4.78. The van der Waals surface area contributed by atoms with Crippen molar-refractivity contribution in [2.45, 2.75) is 6.18 Å². The van der Waals surface area contributed by atoms with E-state index < -0.39 is 17.6 Å². The maximum absolute atomic E-state index is 12.3. The third-order valence-corrected chi connectivity index (χ3v) is 2.21. The number of rotatable bonds is 2. The van der Waals surface area contributed by atoms with Gasteiger partial charge in [-0.2, -0.15) is 13.2 Å². The summed E-state index contributed by atoms with van der Waals surface area (Å²) in [7, 11) is 0. The Morgan fingerprint density at radius 1 is 1.22 bits per heavy atom. The number of halogens is 3. The van der Waals surface area contributed by atoms with Gasteiger partial charge in [-0.15, -0.1) is 5.10 Å². The molecule has 2 aromatic rings. The van der Waals surface area contributed by atoms with Crippen LogP contribution in [0.1, 0.15) is 16.1 Å². The smallest absolute Gasteiger partial charge is 0.364 e. The summed E-state index contributed by atoms with van der Waals surface area (Å²) < 4.78 is 38.2. The van der Waals surface area contributed by atoms with Crippen LogP contribution in [0.25, 0.3) is 5.69 Å². The average Bonchev–Trinajstić information content (AvgIpc) is 2.77. The highest BCUT2D eigenvalue weighted by Gasteiger charge is 2.30. The van der Waals surface area contributed by atoms with Crippen LogP contribution in [0.2, 0.25) is 0 Å². The number of hydrogen-bond acceptors (Lipinski definition) is 3. The maximum atomic E-state index is 12.3. The summed E-state index contributed by atoms with van der Waals surface area (Å²) in [6.45, 7) is 0. The Hall–Kier alpha value is -2.38. The van der Waals surface area contributed by atoms with Gasteiger partial charge >= 0.3 is 6.18 Å². The van der Waals surface area contributed by atoms with Crippen molar-refractivity contribution < 1.29 is 18.0 Å². The first-order valence-electron chi connectivity index (χ1n) is 4.78. The minimum Gasteiger partial charge on any atom is -0.364 e. The second-order valence-electron chi connectivity index (χ2n) is 3.46. The quantitative estimate of drug-likeness (QED) is 0.882. The second-order valence-corrected chi connectivity index (χ2v) is 3.46. The molecule has 94 valence electrons. The molecule has 0 spiro atoms. The normalized spacial score (nSPS) is 11.5. The molecule has 0 saturated carbocycles. The number of primary amides is 1. The van der Waals surface area contributed by atoms with Crippen molar-refractivity contribution in [1.29, 1.82) is 0 Å². The van der Waals surface area contributed by atoms with Crippen molar-refractivity contribution in [3.8, 4) is 5.69 Å². The number of aromatic nitrogens is 3. The van der Waals surface area contributed by atoms with Crippen LogP contribution in [0.5, 0.6) is 0 Å². The fraction of sp³-hybridized carbons (Fsp3) is 0.100. The minimum absolute atomic E-state index is 0.0603. The fourth-order valence-corrected chi connectivity index (χ4v) is 1.31. The Balaban J connectivity index is 2.31. The molecule has 2 N–H and O–H groups in total. The Bertz CT molecular complexity index is 574. The van der Waals surface area contributed by atoms with Gasteiger partial charge in [0.1, 0.15) is 0 Å². The van der Waals surface area contributed by atoms with Gasteiger partial charge in [-0.05, 0) is 24.3 Å². The van der Waals surface area contributed by atoms with Crippen LogP contribution in [-0.2, 0) is 6.18 Å². The van der Waals surface area contributed by atoms with Gasteiger partial charge in [0.15, 0.2) is 5.69 Å². The zero-order chi connectivity index (χ0) is 13.3. The van der Waals surface area contributed by atoms with Crippen LogP contribution in [0, 0.1) is 0 Å². The summed E-state index contributed by atoms with van der Waals surface area (Å²) in [5.41, 5.74) is 4.51. The summed E-state index contributed by atoms with van der Waals surface area (Å²) >= 11 is 0. The Labute approximate surface area is 99.0 Å². The maximum Gasteiger partial charge on any atom is 0.416 e. The zero-order valence-corrected chi connectivity index (χ0v) is 8.85. The summed E-state index contributed by atoms with van der Waals surface area (Å²) in [6, 6.07) is 4.28. The summed E-state index contributed by atoms with van der Waals surface area (Å²) in [5.74, 6) is -0.756. The molecule has 1 aromatic heterocycles. The number of carbonyl (C=O) groups is 1. The molecule has 0 aliphatic carbocycles. The van der Waals surface area contributed by atoms with Crippen LogP contribution in [0.4, 0.5) is 13.2 Å². The topological polar surface area (TPSA) is 73.8 Å². The highest BCUT2D eigenvalue weighted by molar-refractivity contribution is 5.90. The van der Waals surface area contributed by atoms with Gasteiger partial charge in [-0.3, -0.25) is 4.79 Å². The van der Waals surface area contributed by atoms with E-state index in [0.29, 0.717) is 5.69 Å². The first kappa shape index (κ1) is 12.1.